The molecule has 0 radical (unpaired) electrons. The third-order valence-electron chi connectivity index (χ3n) is 11.0. The summed E-state index contributed by atoms with van der Waals surface area (Å²) in [4.78, 5) is 46.1. The van der Waals surface area contributed by atoms with Crippen molar-refractivity contribution in [3.63, 3.8) is 0 Å². The van der Waals surface area contributed by atoms with Crippen LogP contribution in [0.5, 0.6) is 0 Å². The molecule has 0 heterocycles. The van der Waals surface area contributed by atoms with Crippen molar-refractivity contribution >= 4 is 25.7 Å². The molecule has 3 atom stereocenters. The molecule has 0 saturated heterocycles. The second-order valence-corrected chi connectivity index (χ2v) is 18.8. The number of allylic oxidation sites excluding steroid dienone is 12. The number of aliphatic hydroxyl groups is 1. The summed E-state index contributed by atoms with van der Waals surface area (Å²) in [7, 11) is -4.79. The van der Waals surface area contributed by atoms with Crippen LogP contribution in [0.25, 0.3) is 0 Å². The first kappa shape index (κ1) is 62.9. The smallest absolute Gasteiger partial charge is 0.472 e. The van der Waals surface area contributed by atoms with E-state index in [1.165, 1.54) is 122 Å². The fourth-order valence-corrected chi connectivity index (χ4v) is 7.82. The molecule has 0 rings (SSSR count). The van der Waals surface area contributed by atoms with Gasteiger partial charge in [0, 0.05) is 12.8 Å². The molecule has 1 amide bonds. The summed E-state index contributed by atoms with van der Waals surface area (Å²) < 4.78 is 26.9. The SMILES string of the molecule is CC/C=C\C/C=C\C/C=C\C/C=C\C/C=C\C/C=C\CCC(=O)NC(COP(=O)(O)OCC(O)COC(=O)CCCCCCCCCCCCCCCCCCCCCCCCC)C(=O)O. The van der Waals surface area contributed by atoms with Gasteiger partial charge in [-0.2, -0.15) is 0 Å². The highest BCUT2D eigenvalue weighted by Gasteiger charge is 2.28. The fraction of sp³-hybridized carbons (Fsp3) is 0.722. The number of carbonyl (C=O) groups excluding carboxylic acids is 2. The van der Waals surface area contributed by atoms with E-state index in [0.29, 0.717) is 19.3 Å². The summed E-state index contributed by atoms with van der Waals surface area (Å²) in [6, 6.07) is -1.59. The molecular formula is C54H94NO10P. The third-order valence-corrected chi connectivity index (χ3v) is 12.0. The van der Waals surface area contributed by atoms with Crippen molar-refractivity contribution in [3.05, 3.63) is 72.9 Å². The first-order chi connectivity index (χ1) is 32.1. The lowest BCUT2D eigenvalue weighted by atomic mass is 10.0. The number of aliphatic carboxylic acids is 1. The lowest BCUT2D eigenvalue weighted by Gasteiger charge is -2.18. The van der Waals surface area contributed by atoms with E-state index >= 15 is 0 Å². The summed E-state index contributed by atoms with van der Waals surface area (Å²) in [5, 5.41) is 21.9. The molecule has 0 bridgehead atoms. The predicted molar refractivity (Wildman–Crippen MR) is 272 cm³/mol. The van der Waals surface area contributed by atoms with Crippen molar-refractivity contribution in [1.29, 1.82) is 0 Å². The molecule has 0 aromatic heterocycles. The monoisotopic (exact) mass is 948 g/mol. The third kappa shape index (κ3) is 47.4. The Labute approximate surface area is 401 Å². The number of hydrogen-bond donors (Lipinski definition) is 4. The Balaban J connectivity index is 3.88. The van der Waals surface area contributed by atoms with Crippen molar-refractivity contribution in [3.8, 4) is 0 Å². The highest BCUT2D eigenvalue weighted by Crippen LogP contribution is 2.43. The summed E-state index contributed by atoms with van der Waals surface area (Å²) in [6.45, 7) is 2.46. The molecular weight excluding hydrogens is 854 g/mol. The Hall–Kier alpha value is -3.08. The summed E-state index contributed by atoms with van der Waals surface area (Å²) >= 11 is 0. The number of esters is 1. The molecule has 380 valence electrons. The Morgan fingerprint density at radius 1 is 0.500 bits per heavy atom. The number of rotatable bonds is 48. The number of aliphatic hydroxyl groups excluding tert-OH is 1. The molecule has 0 aliphatic rings. The zero-order valence-corrected chi connectivity index (χ0v) is 42.4. The van der Waals surface area contributed by atoms with Crippen LogP contribution in [0.3, 0.4) is 0 Å². The van der Waals surface area contributed by atoms with Crippen molar-refractivity contribution < 1.29 is 47.8 Å². The van der Waals surface area contributed by atoms with Gasteiger partial charge in [0.2, 0.25) is 5.91 Å². The van der Waals surface area contributed by atoms with Gasteiger partial charge in [0.05, 0.1) is 13.2 Å². The van der Waals surface area contributed by atoms with E-state index in [1.807, 2.05) is 18.2 Å². The zero-order chi connectivity index (χ0) is 48.4. The van der Waals surface area contributed by atoms with E-state index in [1.54, 1.807) is 0 Å². The highest BCUT2D eigenvalue weighted by atomic mass is 31.2. The molecule has 0 aromatic carbocycles. The van der Waals surface area contributed by atoms with Crippen LogP contribution in [0.1, 0.15) is 219 Å². The number of ether oxygens (including phenoxy) is 1. The number of nitrogens with one attached hydrogen (secondary N) is 1. The Kier molecular flexibility index (Phi) is 46.1. The lowest BCUT2D eigenvalue weighted by Crippen LogP contribution is -2.43. The molecule has 0 fully saturated rings. The number of phosphoric acid groups is 1. The Bertz CT molecular complexity index is 1390. The van der Waals surface area contributed by atoms with Crippen molar-refractivity contribution in [1.82, 2.24) is 5.32 Å². The van der Waals surface area contributed by atoms with Crippen LogP contribution in [-0.4, -0.2) is 64.9 Å². The Morgan fingerprint density at radius 3 is 1.26 bits per heavy atom. The van der Waals surface area contributed by atoms with Gasteiger partial charge in [-0.05, 0) is 51.4 Å². The van der Waals surface area contributed by atoms with Gasteiger partial charge in [0.1, 0.15) is 12.7 Å². The van der Waals surface area contributed by atoms with Crippen LogP contribution in [0.15, 0.2) is 72.9 Å². The van der Waals surface area contributed by atoms with Crippen LogP contribution >= 0.6 is 7.82 Å². The van der Waals surface area contributed by atoms with E-state index in [4.69, 9.17) is 13.8 Å². The van der Waals surface area contributed by atoms with E-state index in [-0.39, 0.29) is 12.8 Å². The van der Waals surface area contributed by atoms with E-state index in [2.05, 4.69) is 73.8 Å². The van der Waals surface area contributed by atoms with Gasteiger partial charge in [-0.1, -0.05) is 228 Å². The quantitative estimate of drug-likeness (QED) is 0.0199. The standard InChI is InChI=1S/C54H94NO10P/c1-3-5-7-9-11-13-15-17-19-21-23-24-25-26-28-30-32-34-36-38-40-42-44-46-53(58)63-47-50(56)48-64-66(61,62)65-49-51(54(59)60)55-52(57)45-43-41-39-37-35-33-31-29-27-22-20-18-16-14-12-10-8-6-4-2/h6,8,12,14,18,20,27,29,33,35,39,41,50-51,56H,3-5,7,9-11,13,15-17,19,21-26,28,30-32,34,36-38,40,42-49H2,1-2H3,(H,55,57)(H,59,60)(H,61,62)/b8-6-,14-12-,20-18-,29-27-,35-33-,41-39-. The van der Waals surface area contributed by atoms with Crippen LogP contribution in [0.2, 0.25) is 0 Å². The first-order valence-corrected chi connectivity index (χ1v) is 27.5. The first-order valence-electron chi connectivity index (χ1n) is 26.0. The summed E-state index contributed by atoms with van der Waals surface area (Å²) in [5.41, 5.74) is 0. The number of phosphoric ester groups is 1. The van der Waals surface area contributed by atoms with Crippen LogP contribution in [-0.2, 0) is 32.7 Å². The van der Waals surface area contributed by atoms with E-state index in [0.717, 1.165) is 51.4 Å². The second-order valence-electron chi connectivity index (χ2n) is 17.3. The van der Waals surface area contributed by atoms with Gasteiger partial charge >= 0.3 is 19.8 Å². The Morgan fingerprint density at radius 2 is 0.864 bits per heavy atom. The maximum atomic E-state index is 12.3. The number of carboxylic acid groups (broad SMARTS) is 1. The number of carboxylic acids is 1. The number of unbranched alkanes of at least 4 members (excludes halogenated alkanes) is 22. The molecule has 0 spiro atoms. The van der Waals surface area contributed by atoms with Crippen molar-refractivity contribution in [2.45, 2.75) is 231 Å². The number of carbonyl (C=O) groups is 3. The fourth-order valence-electron chi connectivity index (χ4n) is 7.05. The normalized spacial score (nSPS) is 14.1. The van der Waals surface area contributed by atoms with Gasteiger partial charge in [-0.3, -0.25) is 18.6 Å². The van der Waals surface area contributed by atoms with Crippen molar-refractivity contribution in [2.75, 3.05) is 19.8 Å². The summed E-state index contributed by atoms with van der Waals surface area (Å²) in [6.07, 6.45) is 59.5. The topological polar surface area (TPSA) is 169 Å². The molecule has 0 aliphatic heterocycles. The van der Waals surface area contributed by atoms with E-state index < -0.39 is 57.6 Å². The number of amides is 1. The molecule has 11 nitrogen and oxygen atoms in total. The second kappa shape index (κ2) is 48.4. The van der Waals surface area contributed by atoms with E-state index in [9.17, 15) is 34.1 Å². The average Bonchev–Trinajstić information content (AvgIpc) is 3.29. The molecule has 66 heavy (non-hydrogen) atoms. The highest BCUT2D eigenvalue weighted by molar-refractivity contribution is 7.47. The lowest BCUT2D eigenvalue weighted by molar-refractivity contribution is -0.147. The summed E-state index contributed by atoms with van der Waals surface area (Å²) in [5.74, 6) is -2.49. The molecule has 0 aliphatic carbocycles. The average molecular weight is 948 g/mol. The molecule has 3 unspecified atom stereocenters. The van der Waals surface area contributed by atoms with Gasteiger partial charge in [-0.25, -0.2) is 9.36 Å². The minimum Gasteiger partial charge on any atom is -0.480 e. The molecule has 4 N–H and O–H groups in total. The van der Waals surface area contributed by atoms with Crippen molar-refractivity contribution in [2.24, 2.45) is 0 Å². The largest absolute Gasteiger partial charge is 0.480 e. The minimum absolute atomic E-state index is 0.0177. The number of hydrogen-bond acceptors (Lipinski definition) is 8. The van der Waals surface area contributed by atoms with Crippen LogP contribution < -0.4 is 5.32 Å². The maximum Gasteiger partial charge on any atom is 0.472 e. The zero-order valence-electron chi connectivity index (χ0n) is 41.5. The van der Waals surface area contributed by atoms with Crippen LogP contribution in [0, 0.1) is 0 Å². The molecule has 12 heteroatoms. The van der Waals surface area contributed by atoms with Crippen LogP contribution in [0.4, 0.5) is 0 Å². The van der Waals surface area contributed by atoms with Gasteiger partial charge in [0.25, 0.3) is 0 Å². The molecule has 0 saturated carbocycles. The molecule has 0 aromatic rings. The maximum absolute atomic E-state index is 12.3. The predicted octanol–water partition coefficient (Wildman–Crippen LogP) is 14.5. The minimum atomic E-state index is -4.79. The van der Waals surface area contributed by atoms with Gasteiger partial charge in [-0.15, -0.1) is 0 Å². The van der Waals surface area contributed by atoms with Gasteiger partial charge in [0.15, 0.2) is 6.04 Å². The van der Waals surface area contributed by atoms with Gasteiger partial charge < -0.3 is 25.2 Å².